The molecular formula is C29H41NO7S. The van der Waals surface area contributed by atoms with Crippen molar-refractivity contribution in [3.63, 3.8) is 0 Å². The Morgan fingerprint density at radius 3 is 2.32 bits per heavy atom. The predicted molar refractivity (Wildman–Crippen MR) is 152 cm³/mol. The summed E-state index contributed by atoms with van der Waals surface area (Å²) in [5.74, 6) is 0.522. The Balaban J connectivity index is 0.000000926. The van der Waals surface area contributed by atoms with Crippen molar-refractivity contribution < 1.29 is 32.3 Å². The van der Waals surface area contributed by atoms with Gasteiger partial charge in [0, 0.05) is 31.0 Å². The molecule has 0 fully saturated rings. The van der Waals surface area contributed by atoms with Gasteiger partial charge in [-0.1, -0.05) is 45.4 Å². The zero-order chi connectivity index (χ0) is 28.1. The monoisotopic (exact) mass is 547 g/mol. The molecule has 1 heterocycles. The van der Waals surface area contributed by atoms with E-state index in [2.05, 4.69) is 43.9 Å². The highest BCUT2D eigenvalue weighted by atomic mass is 32.2. The fraction of sp³-hybridized carbons (Fsp3) is 0.483. The summed E-state index contributed by atoms with van der Waals surface area (Å²) >= 11 is 0. The Morgan fingerprint density at radius 2 is 1.71 bits per heavy atom. The summed E-state index contributed by atoms with van der Waals surface area (Å²) in [5, 5.41) is 9.64. The number of carboxylic acids is 1. The molecule has 2 aromatic carbocycles. The van der Waals surface area contributed by atoms with Gasteiger partial charge in [0.2, 0.25) is 0 Å². The molecule has 0 amide bonds. The molecule has 0 unspecified atom stereocenters. The van der Waals surface area contributed by atoms with Crippen LogP contribution in [-0.2, 0) is 19.6 Å². The molecule has 0 atom stereocenters. The normalized spacial score (nSPS) is 13.5. The van der Waals surface area contributed by atoms with Crippen molar-refractivity contribution in [2.75, 3.05) is 44.1 Å². The maximum atomic E-state index is 11.7. The number of rotatable bonds is 11. The Morgan fingerprint density at radius 1 is 1.05 bits per heavy atom. The molecule has 0 radical (unpaired) electrons. The standard InChI is InChI=1S/C28H37NO4.CH4O3S/c1-4-5-15-32-16-17-33-26-11-8-22(9-12-26)23-10-13-27-25(18-23)19-24(28(30)31)7-6-14-29(27)20-21(2)3;1-5(2,3)4/h8-13,18-19,21H,4-7,14-17,20H2,1-3H3,(H,30,31);1H3,(H,2,3,4). The van der Waals surface area contributed by atoms with Crippen molar-refractivity contribution >= 4 is 27.9 Å². The van der Waals surface area contributed by atoms with E-state index in [1.807, 2.05) is 30.3 Å². The van der Waals surface area contributed by atoms with Crippen molar-refractivity contribution in [2.45, 2.75) is 46.5 Å². The third-order valence-corrected chi connectivity index (χ3v) is 5.76. The van der Waals surface area contributed by atoms with Gasteiger partial charge in [-0.05, 0) is 72.2 Å². The van der Waals surface area contributed by atoms with Crippen LogP contribution in [0.1, 0.15) is 52.0 Å². The molecular weight excluding hydrogens is 506 g/mol. The summed E-state index contributed by atoms with van der Waals surface area (Å²) in [4.78, 5) is 14.1. The van der Waals surface area contributed by atoms with Crippen LogP contribution in [0.3, 0.4) is 0 Å². The molecule has 3 rings (SSSR count). The molecule has 0 bridgehead atoms. The van der Waals surface area contributed by atoms with Crippen molar-refractivity contribution in [1.82, 2.24) is 0 Å². The first kappa shape index (κ1) is 31.3. The van der Waals surface area contributed by atoms with E-state index in [4.69, 9.17) is 14.0 Å². The van der Waals surface area contributed by atoms with Gasteiger partial charge < -0.3 is 19.5 Å². The lowest BCUT2D eigenvalue weighted by Gasteiger charge is -2.30. The first-order valence-corrected chi connectivity index (χ1v) is 14.9. The lowest BCUT2D eigenvalue weighted by Crippen LogP contribution is -2.30. The van der Waals surface area contributed by atoms with E-state index in [0.29, 0.717) is 37.4 Å². The quantitative estimate of drug-likeness (QED) is 0.269. The second-order valence-electron chi connectivity index (χ2n) is 9.76. The number of fused-ring (bicyclic) bond motifs is 1. The molecule has 0 aliphatic carbocycles. The second-order valence-corrected chi connectivity index (χ2v) is 11.2. The molecule has 0 spiro atoms. The van der Waals surface area contributed by atoms with Crippen LogP contribution >= 0.6 is 0 Å². The Labute approximate surface area is 227 Å². The van der Waals surface area contributed by atoms with Crippen LogP contribution in [0.5, 0.6) is 5.75 Å². The minimum absolute atomic E-state index is 0.475. The van der Waals surface area contributed by atoms with Crippen molar-refractivity contribution in [3.05, 3.63) is 53.6 Å². The average molecular weight is 548 g/mol. The average Bonchev–Trinajstić information content (AvgIpc) is 2.82. The van der Waals surface area contributed by atoms with Crippen LogP contribution in [0.2, 0.25) is 0 Å². The summed E-state index contributed by atoms with van der Waals surface area (Å²) in [5.41, 5.74) is 4.69. The molecule has 9 heteroatoms. The number of ether oxygens (including phenoxy) is 2. The van der Waals surface area contributed by atoms with Gasteiger partial charge in [-0.3, -0.25) is 4.55 Å². The molecule has 0 saturated carbocycles. The van der Waals surface area contributed by atoms with Gasteiger partial charge in [0.15, 0.2) is 0 Å². The van der Waals surface area contributed by atoms with Gasteiger partial charge in [-0.15, -0.1) is 0 Å². The minimum Gasteiger partial charge on any atom is -0.491 e. The Bertz CT molecular complexity index is 1150. The smallest absolute Gasteiger partial charge is 0.331 e. The van der Waals surface area contributed by atoms with Gasteiger partial charge >= 0.3 is 5.97 Å². The van der Waals surface area contributed by atoms with E-state index in [1.54, 1.807) is 0 Å². The van der Waals surface area contributed by atoms with Gasteiger partial charge in [-0.25, -0.2) is 4.79 Å². The number of anilines is 1. The van der Waals surface area contributed by atoms with Crippen molar-refractivity contribution in [2.24, 2.45) is 5.92 Å². The molecule has 2 N–H and O–H groups in total. The number of carbonyl (C=O) groups is 1. The number of carboxylic acid groups (broad SMARTS) is 1. The van der Waals surface area contributed by atoms with Gasteiger partial charge in [0.1, 0.15) is 12.4 Å². The van der Waals surface area contributed by atoms with E-state index < -0.39 is 16.1 Å². The number of hydrogen-bond acceptors (Lipinski definition) is 6. The van der Waals surface area contributed by atoms with Gasteiger partial charge in [-0.2, -0.15) is 8.42 Å². The highest BCUT2D eigenvalue weighted by Crippen LogP contribution is 2.33. The van der Waals surface area contributed by atoms with Crippen LogP contribution in [0.25, 0.3) is 17.2 Å². The molecule has 1 aliphatic heterocycles. The molecule has 1 aliphatic rings. The first-order valence-electron chi connectivity index (χ1n) is 13.0. The maximum absolute atomic E-state index is 11.7. The number of nitrogens with zero attached hydrogens (tertiary/aromatic N) is 1. The zero-order valence-electron chi connectivity index (χ0n) is 22.9. The molecule has 0 aromatic heterocycles. The SMILES string of the molecule is CCCCOCCOc1ccc(-c2ccc3c(c2)C=C(C(=O)O)CCCN3CC(C)C)cc1.CS(=O)(=O)O. The van der Waals surface area contributed by atoms with E-state index in [-0.39, 0.29) is 0 Å². The number of unbranched alkanes of at least 4 members (excludes halogenated alkanes) is 1. The summed E-state index contributed by atoms with van der Waals surface area (Å²) in [7, 11) is -3.67. The van der Waals surface area contributed by atoms with Crippen LogP contribution in [-0.4, -0.2) is 63.2 Å². The maximum Gasteiger partial charge on any atom is 0.331 e. The van der Waals surface area contributed by atoms with E-state index in [0.717, 1.165) is 67.1 Å². The predicted octanol–water partition coefficient (Wildman–Crippen LogP) is 5.78. The Hall–Kier alpha value is -2.88. The number of aliphatic carboxylic acids is 1. The first-order chi connectivity index (χ1) is 18.0. The molecule has 2 aromatic rings. The summed E-state index contributed by atoms with van der Waals surface area (Å²) in [6.07, 6.45) is 6.21. The van der Waals surface area contributed by atoms with Crippen LogP contribution < -0.4 is 9.64 Å². The van der Waals surface area contributed by atoms with Gasteiger partial charge in [0.05, 0.1) is 12.9 Å². The Kier molecular flexibility index (Phi) is 12.8. The lowest BCUT2D eigenvalue weighted by atomic mass is 9.96. The second kappa shape index (κ2) is 15.5. The molecule has 210 valence electrons. The minimum atomic E-state index is -3.67. The molecule has 8 nitrogen and oxygen atoms in total. The lowest BCUT2D eigenvalue weighted by molar-refractivity contribution is -0.132. The molecule has 38 heavy (non-hydrogen) atoms. The molecule has 0 saturated heterocycles. The van der Waals surface area contributed by atoms with E-state index in [1.165, 1.54) is 0 Å². The summed E-state index contributed by atoms with van der Waals surface area (Å²) in [6, 6.07) is 14.4. The van der Waals surface area contributed by atoms with Crippen LogP contribution in [0.4, 0.5) is 5.69 Å². The summed E-state index contributed by atoms with van der Waals surface area (Å²) in [6.45, 7) is 10.3. The highest BCUT2D eigenvalue weighted by molar-refractivity contribution is 7.85. The largest absolute Gasteiger partial charge is 0.491 e. The van der Waals surface area contributed by atoms with Crippen LogP contribution in [0.15, 0.2) is 48.0 Å². The highest BCUT2D eigenvalue weighted by Gasteiger charge is 2.18. The van der Waals surface area contributed by atoms with Gasteiger partial charge in [0.25, 0.3) is 10.1 Å². The number of hydrogen-bond donors (Lipinski definition) is 2. The zero-order valence-corrected chi connectivity index (χ0v) is 23.7. The summed E-state index contributed by atoms with van der Waals surface area (Å²) < 4.78 is 37.2. The fourth-order valence-corrected chi connectivity index (χ4v) is 4.09. The van der Waals surface area contributed by atoms with Crippen molar-refractivity contribution in [1.29, 1.82) is 0 Å². The van der Waals surface area contributed by atoms with E-state index >= 15 is 0 Å². The third kappa shape index (κ3) is 11.7. The van der Waals surface area contributed by atoms with Crippen LogP contribution in [0, 0.1) is 5.92 Å². The van der Waals surface area contributed by atoms with Crippen molar-refractivity contribution in [3.8, 4) is 16.9 Å². The fourth-order valence-electron chi connectivity index (χ4n) is 4.09. The number of benzene rings is 2. The van der Waals surface area contributed by atoms with E-state index in [9.17, 15) is 18.3 Å². The third-order valence-electron chi connectivity index (χ3n) is 5.76. The topological polar surface area (TPSA) is 113 Å².